The van der Waals surface area contributed by atoms with Gasteiger partial charge in [0.15, 0.2) is 0 Å². The van der Waals surface area contributed by atoms with E-state index in [2.05, 4.69) is 6.92 Å². The molecule has 1 saturated heterocycles. The van der Waals surface area contributed by atoms with Crippen LogP contribution in [0.2, 0.25) is 0 Å². The summed E-state index contributed by atoms with van der Waals surface area (Å²) in [4.78, 5) is 0. The Bertz CT molecular complexity index is 240. The van der Waals surface area contributed by atoms with Crippen molar-refractivity contribution in [2.24, 2.45) is 5.73 Å². The van der Waals surface area contributed by atoms with E-state index in [1.165, 1.54) is 6.42 Å². The minimum absolute atomic E-state index is 0.127. The van der Waals surface area contributed by atoms with Crippen LogP contribution < -0.4 is 5.73 Å². The minimum atomic E-state index is -0.214. The zero-order valence-electron chi connectivity index (χ0n) is 13.1. The van der Waals surface area contributed by atoms with Crippen molar-refractivity contribution < 1.29 is 18.9 Å². The monoisotopic (exact) mass is 289 g/mol. The summed E-state index contributed by atoms with van der Waals surface area (Å²) in [5, 5.41) is 0. The summed E-state index contributed by atoms with van der Waals surface area (Å²) in [5.41, 5.74) is 6.06. The van der Waals surface area contributed by atoms with Crippen molar-refractivity contribution in [1.82, 2.24) is 0 Å². The average molecular weight is 289 g/mol. The Morgan fingerprint density at radius 3 is 2.20 bits per heavy atom. The summed E-state index contributed by atoms with van der Waals surface area (Å²) in [6, 6.07) is 0. The predicted molar refractivity (Wildman–Crippen MR) is 78.9 cm³/mol. The van der Waals surface area contributed by atoms with Crippen molar-refractivity contribution >= 4 is 0 Å². The maximum atomic E-state index is 6.27. The molecular weight excluding hydrogens is 258 g/mol. The zero-order valence-corrected chi connectivity index (χ0v) is 13.1. The van der Waals surface area contributed by atoms with E-state index >= 15 is 0 Å². The summed E-state index contributed by atoms with van der Waals surface area (Å²) in [6.07, 6.45) is 4.17. The SMILES string of the molecule is CCCCOCCOCCOCCC1(N)CCOC1C. The largest absolute Gasteiger partial charge is 0.379 e. The van der Waals surface area contributed by atoms with Gasteiger partial charge in [0.1, 0.15) is 0 Å². The van der Waals surface area contributed by atoms with Gasteiger partial charge in [0.25, 0.3) is 0 Å². The summed E-state index contributed by atoms with van der Waals surface area (Å²) >= 11 is 0. The molecule has 1 aliphatic heterocycles. The quantitative estimate of drug-likeness (QED) is 0.554. The molecule has 0 aromatic carbocycles. The van der Waals surface area contributed by atoms with E-state index in [-0.39, 0.29) is 11.6 Å². The molecule has 0 aromatic rings. The van der Waals surface area contributed by atoms with Crippen LogP contribution in [0.3, 0.4) is 0 Å². The van der Waals surface area contributed by atoms with Gasteiger partial charge in [0.05, 0.1) is 32.5 Å². The molecule has 2 atom stereocenters. The number of rotatable bonds is 12. The number of unbranched alkanes of at least 4 members (excludes halogenated alkanes) is 1. The molecule has 0 amide bonds. The van der Waals surface area contributed by atoms with Gasteiger partial charge in [0.2, 0.25) is 0 Å². The minimum Gasteiger partial charge on any atom is -0.379 e. The lowest BCUT2D eigenvalue weighted by Crippen LogP contribution is -2.46. The molecule has 0 aliphatic carbocycles. The third-order valence-corrected chi connectivity index (χ3v) is 3.84. The van der Waals surface area contributed by atoms with E-state index in [4.69, 9.17) is 24.7 Å². The molecule has 0 saturated carbocycles. The molecule has 20 heavy (non-hydrogen) atoms. The maximum absolute atomic E-state index is 6.27. The fraction of sp³-hybridized carbons (Fsp3) is 1.00. The lowest BCUT2D eigenvalue weighted by Gasteiger charge is -2.27. The van der Waals surface area contributed by atoms with Crippen LogP contribution in [-0.4, -0.2) is 57.9 Å². The second-order valence-electron chi connectivity index (χ2n) is 5.44. The van der Waals surface area contributed by atoms with Crippen LogP contribution in [0.5, 0.6) is 0 Å². The molecule has 0 spiro atoms. The van der Waals surface area contributed by atoms with Crippen LogP contribution in [-0.2, 0) is 18.9 Å². The number of nitrogens with two attached hydrogens (primary N) is 1. The molecule has 1 fully saturated rings. The smallest absolute Gasteiger partial charge is 0.0728 e. The fourth-order valence-corrected chi connectivity index (χ4v) is 2.17. The Labute approximate surface area is 123 Å². The summed E-state index contributed by atoms with van der Waals surface area (Å²) in [5.74, 6) is 0. The van der Waals surface area contributed by atoms with Crippen LogP contribution in [0.15, 0.2) is 0 Å². The molecule has 1 aliphatic rings. The van der Waals surface area contributed by atoms with Crippen molar-refractivity contribution in [3.8, 4) is 0 Å². The van der Waals surface area contributed by atoms with Gasteiger partial charge in [-0.1, -0.05) is 13.3 Å². The van der Waals surface area contributed by atoms with Crippen LogP contribution in [0.1, 0.15) is 39.5 Å². The summed E-state index contributed by atoms with van der Waals surface area (Å²) < 4.78 is 21.9. The fourth-order valence-electron chi connectivity index (χ4n) is 2.17. The molecule has 0 radical (unpaired) electrons. The van der Waals surface area contributed by atoms with Gasteiger partial charge < -0.3 is 24.7 Å². The molecule has 1 heterocycles. The van der Waals surface area contributed by atoms with E-state index < -0.39 is 0 Å². The third-order valence-electron chi connectivity index (χ3n) is 3.84. The second-order valence-corrected chi connectivity index (χ2v) is 5.44. The molecule has 5 heteroatoms. The summed E-state index contributed by atoms with van der Waals surface area (Å²) in [7, 11) is 0. The van der Waals surface area contributed by atoms with Crippen LogP contribution in [0.4, 0.5) is 0 Å². The van der Waals surface area contributed by atoms with Crippen molar-refractivity contribution in [2.45, 2.75) is 51.2 Å². The van der Waals surface area contributed by atoms with Crippen LogP contribution in [0.25, 0.3) is 0 Å². The molecule has 1 rings (SSSR count). The van der Waals surface area contributed by atoms with Gasteiger partial charge in [0, 0.05) is 25.4 Å². The third kappa shape index (κ3) is 6.99. The highest BCUT2D eigenvalue weighted by Crippen LogP contribution is 2.26. The van der Waals surface area contributed by atoms with E-state index in [9.17, 15) is 0 Å². The Kier molecular flexibility index (Phi) is 9.39. The van der Waals surface area contributed by atoms with Gasteiger partial charge >= 0.3 is 0 Å². The van der Waals surface area contributed by atoms with Crippen molar-refractivity contribution in [1.29, 1.82) is 0 Å². The molecule has 0 aromatic heterocycles. The first-order chi connectivity index (χ1) is 9.69. The topological polar surface area (TPSA) is 62.9 Å². The molecular formula is C15H31NO4. The van der Waals surface area contributed by atoms with Crippen LogP contribution in [0, 0.1) is 0 Å². The predicted octanol–water partition coefficient (Wildman–Crippen LogP) is 1.73. The standard InChI is InChI=1S/C15H31NO4/c1-3-4-7-17-10-12-19-13-11-18-8-5-15(16)6-9-20-14(15)2/h14H,3-13,16H2,1-2H3. The van der Waals surface area contributed by atoms with Crippen LogP contribution >= 0.6 is 0 Å². The summed E-state index contributed by atoms with van der Waals surface area (Å²) in [6.45, 7) is 8.98. The normalized spacial score (nSPS) is 26.2. The maximum Gasteiger partial charge on any atom is 0.0728 e. The Hall–Kier alpha value is -0.200. The zero-order chi connectivity index (χ0) is 14.7. The second kappa shape index (κ2) is 10.5. The van der Waals surface area contributed by atoms with Crippen molar-refractivity contribution in [3.05, 3.63) is 0 Å². The van der Waals surface area contributed by atoms with Gasteiger partial charge in [-0.05, 0) is 26.2 Å². The lowest BCUT2D eigenvalue weighted by atomic mass is 9.90. The highest BCUT2D eigenvalue weighted by Gasteiger charge is 2.37. The first-order valence-corrected chi connectivity index (χ1v) is 7.83. The number of ether oxygens (including phenoxy) is 4. The van der Waals surface area contributed by atoms with Gasteiger partial charge in [-0.25, -0.2) is 0 Å². The number of hydrogen-bond acceptors (Lipinski definition) is 5. The first kappa shape index (κ1) is 17.9. The van der Waals surface area contributed by atoms with Crippen molar-refractivity contribution in [2.75, 3.05) is 46.2 Å². The molecule has 120 valence electrons. The van der Waals surface area contributed by atoms with E-state index in [0.717, 1.165) is 32.5 Å². The molecule has 5 nitrogen and oxygen atoms in total. The van der Waals surface area contributed by atoms with Gasteiger partial charge in [-0.3, -0.25) is 0 Å². The van der Waals surface area contributed by atoms with Gasteiger partial charge in [-0.15, -0.1) is 0 Å². The van der Waals surface area contributed by atoms with E-state index in [0.29, 0.717) is 33.0 Å². The molecule has 2 unspecified atom stereocenters. The lowest BCUT2D eigenvalue weighted by molar-refractivity contribution is 0.00821. The Balaban J connectivity index is 1.83. The average Bonchev–Trinajstić information content (AvgIpc) is 2.76. The number of hydrogen-bond donors (Lipinski definition) is 1. The molecule has 0 bridgehead atoms. The highest BCUT2D eigenvalue weighted by molar-refractivity contribution is 4.94. The highest BCUT2D eigenvalue weighted by atomic mass is 16.5. The Morgan fingerprint density at radius 2 is 1.65 bits per heavy atom. The van der Waals surface area contributed by atoms with Crippen molar-refractivity contribution in [3.63, 3.8) is 0 Å². The molecule has 2 N–H and O–H groups in total. The Morgan fingerprint density at radius 1 is 1.05 bits per heavy atom. The van der Waals surface area contributed by atoms with Gasteiger partial charge in [-0.2, -0.15) is 0 Å². The van der Waals surface area contributed by atoms with E-state index in [1.807, 2.05) is 6.92 Å². The first-order valence-electron chi connectivity index (χ1n) is 7.83. The van der Waals surface area contributed by atoms with E-state index in [1.54, 1.807) is 0 Å².